The Morgan fingerprint density at radius 1 is 1.29 bits per heavy atom. The highest BCUT2D eigenvalue weighted by atomic mass is 35.5. The number of nitro benzene ring substituents is 1. The lowest BCUT2D eigenvalue weighted by Gasteiger charge is -2.07. The summed E-state index contributed by atoms with van der Waals surface area (Å²) in [7, 11) is 0. The lowest BCUT2D eigenvalue weighted by atomic mass is 10.1. The van der Waals surface area contributed by atoms with E-state index in [9.17, 15) is 19.3 Å². The maximum Gasteiger partial charge on any atom is 0.270 e. The van der Waals surface area contributed by atoms with Crippen LogP contribution in [0.15, 0.2) is 42.5 Å². The van der Waals surface area contributed by atoms with Crippen LogP contribution in [0.3, 0.4) is 0 Å². The molecule has 2 aromatic carbocycles. The number of hydrogen-bond acceptors (Lipinski definition) is 4. The molecular formula is C14H9ClFNO4. The van der Waals surface area contributed by atoms with Crippen molar-refractivity contribution < 1.29 is 18.8 Å². The highest BCUT2D eigenvalue weighted by molar-refractivity contribution is 6.30. The molecule has 0 bridgehead atoms. The molecule has 2 rings (SSSR count). The van der Waals surface area contributed by atoms with E-state index in [-0.39, 0.29) is 22.0 Å². The first-order chi connectivity index (χ1) is 9.99. The average Bonchev–Trinajstić information content (AvgIpc) is 2.48. The highest BCUT2D eigenvalue weighted by Gasteiger charge is 2.14. The summed E-state index contributed by atoms with van der Waals surface area (Å²) in [4.78, 5) is 21.9. The maximum atomic E-state index is 13.6. The van der Waals surface area contributed by atoms with Crippen LogP contribution in [-0.2, 0) is 0 Å². The van der Waals surface area contributed by atoms with Gasteiger partial charge >= 0.3 is 0 Å². The largest absolute Gasteiger partial charge is 0.482 e. The van der Waals surface area contributed by atoms with Crippen molar-refractivity contribution in [2.75, 3.05) is 6.61 Å². The maximum absolute atomic E-state index is 13.6. The van der Waals surface area contributed by atoms with Crippen LogP contribution in [0.25, 0.3) is 0 Å². The van der Waals surface area contributed by atoms with Crippen LogP contribution in [-0.4, -0.2) is 17.3 Å². The second-order valence-electron chi connectivity index (χ2n) is 4.07. The molecule has 7 heteroatoms. The van der Waals surface area contributed by atoms with E-state index in [1.165, 1.54) is 36.4 Å². The molecule has 0 unspecified atom stereocenters. The van der Waals surface area contributed by atoms with E-state index in [2.05, 4.69) is 0 Å². The zero-order valence-electron chi connectivity index (χ0n) is 10.6. The highest BCUT2D eigenvalue weighted by Crippen LogP contribution is 2.24. The summed E-state index contributed by atoms with van der Waals surface area (Å²) in [5.74, 6) is -1.41. The number of carbonyl (C=O) groups excluding carboxylic acids is 1. The first kappa shape index (κ1) is 14.9. The molecule has 108 valence electrons. The number of rotatable bonds is 5. The minimum atomic E-state index is -0.758. The Bertz CT molecular complexity index is 705. The molecular weight excluding hydrogens is 301 g/mol. The van der Waals surface area contributed by atoms with Gasteiger partial charge in [-0.25, -0.2) is 4.39 Å². The molecule has 0 radical (unpaired) electrons. The fourth-order valence-electron chi connectivity index (χ4n) is 1.62. The number of ether oxygens (including phenoxy) is 1. The van der Waals surface area contributed by atoms with Crippen molar-refractivity contribution in [3.8, 4) is 5.75 Å². The minimum absolute atomic E-state index is 0.115. The smallest absolute Gasteiger partial charge is 0.270 e. The molecule has 0 atom stereocenters. The molecule has 0 saturated heterocycles. The summed E-state index contributed by atoms with van der Waals surface area (Å²) < 4.78 is 18.6. The van der Waals surface area contributed by atoms with Crippen molar-refractivity contribution >= 4 is 23.1 Å². The van der Waals surface area contributed by atoms with Gasteiger partial charge in [-0.05, 0) is 12.1 Å². The minimum Gasteiger partial charge on any atom is -0.482 e. The molecule has 5 nitrogen and oxygen atoms in total. The number of hydrogen-bond donors (Lipinski definition) is 0. The zero-order valence-corrected chi connectivity index (χ0v) is 11.3. The predicted octanol–water partition coefficient (Wildman–Crippen LogP) is 3.65. The van der Waals surface area contributed by atoms with Gasteiger partial charge < -0.3 is 4.74 Å². The number of carbonyl (C=O) groups is 1. The lowest BCUT2D eigenvalue weighted by molar-refractivity contribution is -0.384. The number of Topliss-reactive ketones (excluding diaryl/α,β-unsaturated/α-hetero) is 1. The molecule has 0 amide bonds. The van der Waals surface area contributed by atoms with Crippen molar-refractivity contribution in [3.63, 3.8) is 0 Å². The molecule has 0 aliphatic heterocycles. The van der Waals surface area contributed by atoms with Crippen LogP contribution >= 0.6 is 11.6 Å². The second-order valence-corrected chi connectivity index (χ2v) is 4.48. The number of non-ortho nitro benzene ring substituents is 1. The molecule has 2 aromatic rings. The topological polar surface area (TPSA) is 69.4 Å². The number of nitro groups is 1. The van der Waals surface area contributed by atoms with E-state index in [1.54, 1.807) is 0 Å². The molecule has 0 saturated carbocycles. The van der Waals surface area contributed by atoms with Crippen LogP contribution in [0.4, 0.5) is 10.1 Å². The van der Waals surface area contributed by atoms with Crippen LogP contribution in [0.2, 0.25) is 5.02 Å². The van der Waals surface area contributed by atoms with Crippen LogP contribution in [0.5, 0.6) is 5.75 Å². The summed E-state index contributed by atoms with van der Waals surface area (Å²) in [5.41, 5.74) is -0.0820. The lowest BCUT2D eigenvalue weighted by Crippen LogP contribution is -2.12. The Hall–Kier alpha value is -2.47. The quantitative estimate of drug-likeness (QED) is 0.480. The van der Waals surface area contributed by atoms with Crippen LogP contribution in [0.1, 0.15) is 10.4 Å². The van der Waals surface area contributed by atoms with Gasteiger partial charge in [-0.2, -0.15) is 0 Å². The third kappa shape index (κ3) is 3.55. The SMILES string of the molecule is O=C(COc1cccc(Cl)c1F)c1cccc([N+](=O)[O-])c1. The fraction of sp³-hybridized carbons (Fsp3) is 0.0714. The monoisotopic (exact) mass is 309 g/mol. The normalized spacial score (nSPS) is 10.2. The van der Waals surface area contributed by atoms with E-state index in [4.69, 9.17) is 16.3 Å². The first-order valence-electron chi connectivity index (χ1n) is 5.83. The Morgan fingerprint density at radius 3 is 2.71 bits per heavy atom. The Balaban J connectivity index is 2.10. The van der Waals surface area contributed by atoms with E-state index in [0.29, 0.717) is 0 Å². The van der Waals surface area contributed by atoms with Gasteiger partial charge in [0, 0.05) is 17.7 Å². The summed E-state index contributed by atoms with van der Waals surface area (Å²) >= 11 is 5.59. The van der Waals surface area contributed by atoms with Crippen molar-refractivity contribution in [3.05, 3.63) is 69.0 Å². The Kier molecular flexibility index (Phi) is 4.49. The number of nitrogens with zero attached hydrogens (tertiary/aromatic N) is 1. The second kappa shape index (κ2) is 6.32. The van der Waals surface area contributed by atoms with E-state index in [0.717, 1.165) is 6.07 Å². The van der Waals surface area contributed by atoms with E-state index < -0.39 is 23.1 Å². The van der Waals surface area contributed by atoms with Crippen LogP contribution in [0, 0.1) is 15.9 Å². The molecule has 0 aromatic heterocycles. The van der Waals surface area contributed by atoms with Gasteiger partial charge in [0.05, 0.1) is 9.95 Å². The van der Waals surface area contributed by atoms with Gasteiger partial charge in [-0.1, -0.05) is 29.8 Å². The standard InChI is InChI=1S/C14H9ClFNO4/c15-11-5-2-6-13(14(11)16)21-8-12(18)9-3-1-4-10(7-9)17(19)20/h1-7H,8H2. The van der Waals surface area contributed by atoms with Gasteiger partial charge in [0.15, 0.2) is 24.0 Å². The number of halogens is 2. The Morgan fingerprint density at radius 2 is 2.00 bits per heavy atom. The van der Waals surface area contributed by atoms with Crippen molar-refractivity contribution in [2.45, 2.75) is 0 Å². The third-order valence-electron chi connectivity index (χ3n) is 2.65. The van der Waals surface area contributed by atoms with Crippen LogP contribution < -0.4 is 4.74 Å². The molecule has 0 N–H and O–H groups in total. The van der Waals surface area contributed by atoms with Crippen molar-refractivity contribution in [2.24, 2.45) is 0 Å². The molecule has 0 spiro atoms. The zero-order chi connectivity index (χ0) is 15.4. The molecule has 0 heterocycles. The average molecular weight is 310 g/mol. The number of ketones is 1. The number of benzene rings is 2. The van der Waals surface area contributed by atoms with Gasteiger partial charge in [0.25, 0.3) is 5.69 Å². The molecule has 0 aliphatic rings. The van der Waals surface area contributed by atoms with Gasteiger partial charge in [-0.15, -0.1) is 0 Å². The van der Waals surface area contributed by atoms with Crippen molar-refractivity contribution in [1.82, 2.24) is 0 Å². The summed E-state index contributed by atoms with van der Waals surface area (Å²) in [5, 5.41) is 10.5. The van der Waals surface area contributed by atoms with Gasteiger partial charge in [0.2, 0.25) is 0 Å². The van der Waals surface area contributed by atoms with Gasteiger partial charge in [-0.3, -0.25) is 14.9 Å². The summed E-state index contributed by atoms with van der Waals surface area (Å²) in [6, 6.07) is 9.40. The summed E-state index contributed by atoms with van der Waals surface area (Å²) in [6.45, 7) is -0.446. The predicted molar refractivity (Wildman–Crippen MR) is 74.3 cm³/mol. The first-order valence-corrected chi connectivity index (χ1v) is 6.21. The van der Waals surface area contributed by atoms with Gasteiger partial charge in [0.1, 0.15) is 0 Å². The molecule has 0 fully saturated rings. The molecule has 0 aliphatic carbocycles. The Labute approximate surface area is 124 Å². The summed E-state index contributed by atoms with van der Waals surface area (Å²) in [6.07, 6.45) is 0. The van der Waals surface area contributed by atoms with Crippen molar-refractivity contribution in [1.29, 1.82) is 0 Å². The van der Waals surface area contributed by atoms with E-state index >= 15 is 0 Å². The third-order valence-corrected chi connectivity index (χ3v) is 2.95. The molecule has 21 heavy (non-hydrogen) atoms. The fourth-order valence-corrected chi connectivity index (χ4v) is 1.78. The van der Waals surface area contributed by atoms with E-state index in [1.807, 2.05) is 0 Å².